The Morgan fingerprint density at radius 3 is 2.40 bits per heavy atom. The number of imidazole rings is 1. The topological polar surface area (TPSA) is 27.1 Å². The summed E-state index contributed by atoms with van der Waals surface area (Å²) in [7, 11) is 0. The zero-order valence-electron chi connectivity index (χ0n) is 11.2. The first-order chi connectivity index (χ1) is 9.38. The summed E-state index contributed by atoms with van der Waals surface area (Å²) in [5, 5.41) is 0. The van der Waals surface area contributed by atoms with Gasteiger partial charge in [-0.2, -0.15) is 13.2 Å². The van der Waals surface area contributed by atoms with Crippen molar-refractivity contribution in [3.8, 4) is 5.75 Å². The molecule has 3 nitrogen and oxygen atoms in total. The van der Waals surface area contributed by atoms with E-state index in [9.17, 15) is 13.2 Å². The van der Waals surface area contributed by atoms with Crippen molar-refractivity contribution in [3.05, 3.63) is 48.0 Å². The zero-order valence-corrected chi connectivity index (χ0v) is 11.2. The fourth-order valence-corrected chi connectivity index (χ4v) is 1.81. The van der Waals surface area contributed by atoms with Gasteiger partial charge in [-0.05, 0) is 38.1 Å². The molecule has 0 amide bonds. The van der Waals surface area contributed by atoms with Crippen molar-refractivity contribution in [1.29, 1.82) is 0 Å². The number of rotatable bonds is 4. The highest BCUT2D eigenvalue weighted by molar-refractivity contribution is 5.29. The molecule has 108 valence electrons. The Kier molecular flexibility index (Phi) is 4.01. The quantitative estimate of drug-likeness (QED) is 0.846. The van der Waals surface area contributed by atoms with Crippen LogP contribution in [-0.4, -0.2) is 9.55 Å². The summed E-state index contributed by atoms with van der Waals surface area (Å²) in [5.41, 5.74) is 0.192. The lowest BCUT2D eigenvalue weighted by Crippen LogP contribution is -2.07. The molecular formula is C14H15F3N2O. The molecule has 2 rings (SSSR count). The van der Waals surface area contributed by atoms with Crippen LogP contribution in [0.4, 0.5) is 13.2 Å². The van der Waals surface area contributed by atoms with E-state index in [2.05, 4.69) is 4.98 Å². The van der Waals surface area contributed by atoms with Crippen LogP contribution in [0.15, 0.2) is 36.8 Å². The van der Waals surface area contributed by atoms with E-state index < -0.39 is 11.7 Å². The Labute approximate surface area is 115 Å². The fraction of sp³-hybridized carbons (Fsp3) is 0.357. The van der Waals surface area contributed by atoms with E-state index in [4.69, 9.17) is 4.74 Å². The number of ether oxygens (including phenoxy) is 1. The van der Waals surface area contributed by atoms with Crippen molar-refractivity contribution in [2.24, 2.45) is 0 Å². The summed E-state index contributed by atoms with van der Waals surface area (Å²) in [6, 6.07) is 4.91. The monoisotopic (exact) mass is 284 g/mol. The van der Waals surface area contributed by atoms with E-state index in [1.165, 1.54) is 12.1 Å². The molecule has 0 aliphatic rings. The number of nitrogens with zero attached hydrogens (tertiary/aromatic N) is 2. The third-order valence-electron chi connectivity index (χ3n) is 2.87. The van der Waals surface area contributed by atoms with Gasteiger partial charge in [0.1, 0.15) is 12.4 Å². The van der Waals surface area contributed by atoms with E-state index >= 15 is 0 Å². The lowest BCUT2D eigenvalue weighted by molar-refractivity contribution is -0.137. The van der Waals surface area contributed by atoms with E-state index in [0.717, 1.165) is 17.8 Å². The van der Waals surface area contributed by atoms with Crippen LogP contribution in [-0.2, 0) is 12.8 Å². The molecule has 0 saturated heterocycles. The molecule has 1 aromatic carbocycles. The van der Waals surface area contributed by atoms with Crippen LogP contribution in [0.3, 0.4) is 0 Å². The van der Waals surface area contributed by atoms with Gasteiger partial charge in [0.25, 0.3) is 0 Å². The van der Waals surface area contributed by atoms with Gasteiger partial charge in [0.15, 0.2) is 0 Å². The minimum Gasteiger partial charge on any atom is -0.487 e. The van der Waals surface area contributed by atoms with E-state index in [-0.39, 0.29) is 12.6 Å². The minimum atomic E-state index is -4.32. The van der Waals surface area contributed by atoms with Crippen molar-refractivity contribution < 1.29 is 17.9 Å². The normalized spacial score (nSPS) is 11.9. The molecule has 6 heteroatoms. The number of hydrogen-bond donors (Lipinski definition) is 0. The Morgan fingerprint density at radius 2 is 1.85 bits per heavy atom. The summed E-state index contributed by atoms with van der Waals surface area (Å²) in [6.07, 6.45) is -0.936. The Balaban J connectivity index is 2.02. The molecule has 0 radical (unpaired) electrons. The standard InChI is InChI=1S/C14H15F3N2O/c1-10(2)19-9-18-7-12(19)8-20-13-5-3-11(4-6-13)14(15,16)17/h3-7,9-10H,8H2,1-2H3. The molecule has 0 N–H and O–H groups in total. The number of halogens is 3. The lowest BCUT2D eigenvalue weighted by Gasteiger charge is -2.13. The Morgan fingerprint density at radius 1 is 1.20 bits per heavy atom. The minimum absolute atomic E-state index is 0.253. The van der Waals surface area contributed by atoms with E-state index in [0.29, 0.717) is 5.75 Å². The first kappa shape index (κ1) is 14.4. The van der Waals surface area contributed by atoms with Crippen molar-refractivity contribution in [1.82, 2.24) is 9.55 Å². The van der Waals surface area contributed by atoms with Crippen LogP contribution >= 0.6 is 0 Å². The van der Waals surface area contributed by atoms with Crippen LogP contribution in [0.1, 0.15) is 31.1 Å². The van der Waals surface area contributed by atoms with Crippen LogP contribution in [0.25, 0.3) is 0 Å². The molecule has 1 aromatic heterocycles. The molecule has 0 spiro atoms. The number of alkyl halides is 3. The molecule has 1 heterocycles. The maximum Gasteiger partial charge on any atom is 0.416 e. The summed E-state index contributed by atoms with van der Waals surface area (Å²) in [6.45, 7) is 4.30. The largest absolute Gasteiger partial charge is 0.487 e. The Hall–Kier alpha value is -1.98. The predicted octanol–water partition coefficient (Wildman–Crippen LogP) is 4.06. The molecule has 0 aliphatic heterocycles. The predicted molar refractivity (Wildman–Crippen MR) is 68.4 cm³/mol. The van der Waals surface area contributed by atoms with Gasteiger partial charge in [-0.15, -0.1) is 0 Å². The van der Waals surface area contributed by atoms with Gasteiger partial charge in [0, 0.05) is 6.04 Å². The summed E-state index contributed by atoms with van der Waals surface area (Å²) >= 11 is 0. The molecule has 0 bridgehead atoms. The number of aromatic nitrogens is 2. The number of hydrogen-bond acceptors (Lipinski definition) is 2. The van der Waals surface area contributed by atoms with Gasteiger partial charge in [0.2, 0.25) is 0 Å². The van der Waals surface area contributed by atoms with Gasteiger partial charge < -0.3 is 9.30 Å². The van der Waals surface area contributed by atoms with Crippen LogP contribution in [0.5, 0.6) is 5.75 Å². The molecular weight excluding hydrogens is 269 g/mol. The van der Waals surface area contributed by atoms with Crippen molar-refractivity contribution in [3.63, 3.8) is 0 Å². The Bertz CT molecular complexity index is 559. The van der Waals surface area contributed by atoms with Crippen LogP contribution < -0.4 is 4.74 Å². The second kappa shape index (κ2) is 5.56. The first-order valence-corrected chi connectivity index (χ1v) is 6.18. The molecule has 0 atom stereocenters. The van der Waals surface area contributed by atoms with Gasteiger partial charge in [-0.3, -0.25) is 0 Å². The average molecular weight is 284 g/mol. The average Bonchev–Trinajstić information content (AvgIpc) is 2.84. The number of benzene rings is 1. The maximum atomic E-state index is 12.4. The lowest BCUT2D eigenvalue weighted by atomic mass is 10.2. The van der Waals surface area contributed by atoms with E-state index in [1.807, 2.05) is 18.4 Å². The molecule has 0 saturated carbocycles. The highest BCUT2D eigenvalue weighted by atomic mass is 19.4. The van der Waals surface area contributed by atoms with Gasteiger partial charge in [-0.1, -0.05) is 0 Å². The van der Waals surface area contributed by atoms with Crippen molar-refractivity contribution >= 4 is 0 Å². The highest BCUT2D eigenvalue weighted by Gasteiger charge is 2.30. The molecule has 20 heavy (non-hydrogen) atoms. The third kappa shape index (κ3) is 3.31. The highest BCUT2D eigenvalue weighted by Crippen LogP contribution is 2.30. The van der Waals surface area contributed by atoms with Gasteiger partial charge in [0.05, 0.1) is 23.8 Å². The summed E-state index contributed by atoms with van der Waals surface area (Å²) in [4.78, 5) is 4.04. The molecule has 0 unspecified atom stereocenters. The second-order valence-electron chi connectivity index (χ2n) is 4.70. The SMILES string of the molecule is CC(C)n1cncc1COc1ccc(C(F)(F)F)cc1. The fourth-order valence-electron chi connectivity index (χ4n) is 1.81. The second-order valence-corrected chi connectivity index (χ2v) is 4.70. The molecule has 2 aromatic rings. The summed E-state index contributed by atoms with van der Waals surface area (Å²) in [5.74, 6) is 0.398. The van der Waals surface area contributed by atoms with Crippen molar-refractivity contribution in [2.75, 3.05) is 0 Å². The van der Waals surface area contributed by atoms with Crippen LogP contribution in [0.2, 0.25) is 0 Å². The summed E-state index contributed by atoms with van der Waals surface area (Å²) < 4.78 is 44.7. The third-order valence-corrected chi connectivity index (χ3v) is 2.87. The molecule has 0 fully saturated rings. The van der Waals surface area contributed by atoms with Gasteiger partial charge >= 0.3 is 6.18 Å². The van der Waals surface area contributed by atoms with Crippen molar-refractivity contribution in [2.45, 2.75) is 32.7 Å². The smallest absolute Gasteiger partial charge is 0.416 e. The van der Waals surface area contributed by atoms with Crippen LogP contribution in [0, 0.1) is 0 Å². The molecule has 0 aliphatic carbocycles. The first-order valence-electron chi connectivity index (χ1n) is 6.18. The maximum absolute atomic E-state index is 12.4. The van der Waals surface area contributed by atoms with Gasteiger partial charge in [-0.25, -0.2) is 4.98 Å². The zero-order chi connectivity index (χ0) is 14.8. The van der Waals surface area contributed by atoms with E-state index in [1.54, 1.807) is 12.5 Å².